The van der Waals surface area contributed by atoms with Crippen molar-refractivity contribution < 1.29 is 0 Å². The number of hydrogen-bond donors (Lipinski definition) is 0. The second-order valence-corrected chi connectivity index (χ2v) is 6.29. The largest absolute Gasteiger partial charge is 0.0885 e. The van der Waals surface area contributed by atoms with Crippen LogP contribution in [0.1, 0.15) is 39.5 Å². The first-order chi connectivity index (χ1) is 9.74. The van der Waals surface area contributed by atoms with Crippen LogP contribution in [0.2, 0.25) is 0 Å². The summed E-state index contributed by atoms with van der Waals surface area (Å²) in [5, 5.41) is 2.89. The molecular weight excluding hydrogens is 240 g/mol. The highest BCUT2D eigenvalue weighted by Crippen LogP contribution is 2.45. The molecule has 0 amide bonds. The lowest BCUT2D eigenvalue weighted by Crippen LogP contribution is -2.41. The average molecular weight is 264 g/mol. The van der Waals surface area contributed by atoms with Crippen LogP contribution in [0.4, 0.5) is 0 Å². The van der Waals surface area contributed by atoms with Crippen LogP contribution in [0.3, 0.4) is 0 Å². The zero-order valence-corrected chi connectivity index (χ0v) is 12.6. The molecule has 0 aromatic heterocycles. The summed E-state index contributed by atoms with van der Waals surface area (Å²) in [5.41, 5.74) is 1.91. The van der Waals surface area contributed by atoms with Crippen molar-refractivity contribution >= 4 is 11.6 Å². The maximum absolute atomic E-state index is 2.52. The Labute approximate surface area is 122 Å². The van der Waals surface area contributed by atoms with Crippen molar-refractivity contribution in [2.45, 2.75) is 39.5 Å². The Morgan fingerprint density at radius 3 is 2.95 bits per heavy atom. The first kappa shape index (κ1) is 13.4. The molecule has 104 valence electrons. The molecule has 2 unspecified atom stereocenters. The Bertz CT molecular complexity index is 660. The van der Waals surface area contributed by atoms with Gasteiger partial charge in [-0.3, -0.25) is 0 Å². The van der Waals surface area contributed by atoms with Gasteiger partial charge in [0.15, 0.2) is 0 Å². The summed E-state index contributed by atoms with van der Waals surface area (Å²) in [6.45, 7) is 4.63. The first-order valence-corrected chi connectivity index (χ1v) is 7.87. The molecule has 0 heterocycles. The predicted molar refractivity (Wildman–Crippen MR) is 87.6 cm³/mol. The third kappa shape index (κ3) is 2.28. The summed E-state index contributed by atoms with van der Waals surface area (Å²) in [5.74, 6) is 0.577. The van der Waals surface area contributed by atoms with Gasteiger partial charge in [0, 0.05) is 5.92 Å². The van der Waals surface area contributed by atoms with Crippen LogP contribution in [0, 0.1) is 11.3 Å². The Morgan fingerprint density at radius 1 is 1.25 bits per heavy atom. The van der Waals surface area contributed by atoms with Gasteiger partial charge in [0.1, 0.15) is 0 Å². The minimum absolute atomic E-state index is 0.304. The lowest BCUT2D eigenvalue weighted by Gasteiger charge is -2.40. The quantitative estimate of drug-likeness (QED) is 0.725. The van der Waals surface area contributed by atoms with Crippen LogP contribution < -0.4 is 10.4 Å². The van der Waals surface area contributed by atoms with Gasteiger partial charge in [0.2, 0.25) is 0 Å². The van der Waals surface area contributed by atoms with E-state index in [1.807, 2.05) is 0 Å². The van der Waals surface area contributed by atoms with E-state index in [9.17, 15) is 0 Å². The maximum Gasteiger partial charge on any atom is 0.00779 e. The van der Waals surface area contributed by atoms with Crippen molar-refractivity contribution in [2.75, 3.05) is 0 Å². The normalized spacial score (nSPS) is 28.1. The molecule has 0 aliphatic heterocycles. The number of benzene rings is 1. The van der Waals surface area contributed by atoms with E-state index < -0.39 is 0 Å². The monoisotopic (exact) mass is 264 g/mol. The van der Waals surface area contributed by atoms with E-state index in [-0.39, 0.29) is 0 Å². The summed E-state index contributed by atoms with van der Waals surface area (Å²) in [6.07, 6.45) is 16.7. The van der Waals surface area contributed by atoms with Gasteiger partial charge in [0.25, 0.3) is 0 Å². The summed E-state index contributed by atoms with van der Waals surface area (Å²) >= 11 is 0. The molecule has 0 radical (unpaired) electrons. The van der Waals surface area contributed by atoms with Crippen LogP contribution in [-0.4, -0.2) is 0 Å². The van der Waals surface area contributed by atoms with Crippen molar-refractivity contribution in [3.63, 3.8) is 0 Å². The van der Waals surface area contributed by atoms with Crippen LogP contribution in [0.25, 0.3) is 11.6 Å². The van der Waals surface area contributed by atoms with E-state index in [2.05, 4.69) is 68.5 Å². The highest BCUT2D eigenvalue weighted by Gasteiger charge is 2.36. The third-order valence-corrected chi connectivity index (χ3v) is 4.80. The molecule has 0 N–H and O–H groups in total. The number of hydrogen-bond acceptors (Lipinski definition) is 0. The SMILES string of the molecule is CC/C=C\CC1=c2ccccc2=CC2(C)CCC=CC12. The van der Waals surface area contributed by atoms with Gasteiger partial charge in [0.05, 0.1) is 0 Å². The molecule has 0 fully saturated rings. The molecule has 0 nitrogen and oxygen atoms in total. The van der Waals surface area contributed by atoms with E-state index >= 15 is 0 Å². The molecule has 0 bridgehead atoms. The standard InChI is InChI=1S/C20H24/c1-3-4-5-12-18-17-11-7-6-10-16(17)15-20(2)14-9-8-13-19(18)20/h4-8,10-11,13,15,19H,3,9,12,14H2,1-2H3/b5-4-. The van der Waals surface area contributed by atoms with Gasteiger partial charge in [-0.2, -0.15) is 0 Å². The van der Waals surface area contributed by atoms with Gasteiger partial charge in [-0.15, -0.1) is 0 Å². The lowest BCUT2D eigenvalue weighted by molar-refractivity contribution is 0.345. The van der Waals surface area contributed by atoms with E-state index in [4.69, 9.17) is 0 Å². The number of rotatable bonds is 3. The molecule has 2 aliphatic rings. The molecule has 1 aromatic carbocycles. The predicted octanol–water partition coefficient (Wildman–Crippen LogP) is 3.96. The molecule has 2 aliphatic carbocycles. The maximum atomic E-state index is 2.52. The van der Waals surface area contributed by atoms with Gasteiger partial charge in [-0.1, -0.05) is 74.1 Å². The highest BCUT2D eigenvalue weighted by atomic mass is 14.4. The number of fused-ring (bicyclic) bond motifs is 2. The topological polar surface area (TPSA) is 0 Å². The Balaban J connectivity index is 2.18. The van der Waals surface area contributed by atoms with Gasteiger partial charge in [-0.25, -0.2) is 0 Å². The molecule has 0 saturated heterocycles. The Morgan fingerprint density at radius 2 is 2.10 bits per heavy atom. The zero-order valence-electron chi connectivity index (χ0n) is 12.6. The summed E-state index contributed by atoms with van der Waals surface area (Å²) in [4.78, 5) is 0. The van der Waals surface area contributed by atoms with Crippen LogP contribution >= 0.6 is 0 Å². The average Bonchev–Trinajstić information content (AvgIpc) is 2.46. The van der Waals surface area contributed by atoms with Crippen molar-refractivity contribution in [3.8, 4) is 0 Å². The molecule has 0 heteroatoms. The fourth-order valence-corrected chi connectivity index (χ4v) is 3.73. The minimum Gasteiger partial charge on any atom is -0.0885 e. The van der Waals surface area contributed by atoms with E-state index in [0.717, 1.165) is 12.8 Å². The second-order valence-electron chi connectivity index (χ2n) is 6.29. The fourth-order valence-electron chi connectivity index (χ4n) is 3.73. The molecule has 0 saturated carbocycles. The summed E-state index contributed by atoms with van der Waals surface area (Å²) in [7, 11) is 0. The van der Waals surface area contributed by atoms with Gasteiger partial charge < -0.3 is 0 Å². The molecule has 2 atom stereocenters. The van der Waals surface area contributed by atoms with Crippen LogP contribution in [0.5, 0.6) is 0 Å². The number of allylic oxidation sites excluding steroid dienone is 4. The lowest BCUT2D eigenvalue weighted by atomic mass is 9.64. The molecular formula is C20H24. The Kier molecular flexibility index (Phi) is 3.65. The van der Waals surface area contributed by atoms with E-state index in [0.29, 0.717) is 11.3 Å². The Hall–Kier alpha value is -1.56. The van der Waals surface area contributed by atoms with E-state index in [1.165, 1.54) is 23.3 Å². The van der Waals surface area contributed by atoms with Crippen LogP contribution in [0.15, 0.2) is 48.6 Å². The first-order valence-electron chi connectivity index (χ1n) is 7.87. The molecule has 3 rings (SSSR count). The van der Waals surface area contributed by atoms with Crippen molar-refractivity contribution in [1.82, 2.24) is 0 Å². The van der Waals surface area contributed by atoms with Crippen molar-refractivity contribution in [1.29, 1.82) is 0 Å². The minimum atomic E-state index is 0.304. The van der Waals surface area contributed by atoms with Gasteiger partial charge >= 0.3 is 0 Å². The molecule has 20 heavy (non-hydrogen) atoms. The summed E-state index contributed by atoms with van der Waals surface area (Å²) in [6, 6.07) is 8.91. The van der Waals surface area contributed by atoms with Crippen molar-refractivity contribution in [2.24, 2.45) is 11.3 Å². The highest BCUT2D eigenvalue weighted by molar-refractivity contribution is 5.61. The fraction of sp³-hybridized carbons (Fsp3) is 0.400. The zero-order chi connectivity index (χ0) is 14.0. The van der Waals surface area contributed by atoms with Gasteiger partial charge in [-0.05, 0) is 41.5 Å². The van der Waals surface area contributed by atoms with E-state index in [1.54, 1.807) is 5.57 Å². The smallest absolute Gasteiger partial charge is 0.00779 e. The molecule has 0 spiro atoms. The van der Waals surface area contributed by atoms with Crippen molar-refractivity contribution in [3.05, 3.63) is 59.0 Å². The second kappa shape index (κ2) is 5.44. The molecule has 1 aromatic rings. The third-order valence-electron chi connectivity index (χ3n) is 4.80. The summed E-state index contributed by atoms with van der Waals surface area (Å²) < 4.78 is 0. The van der Waals surface area contributed by atoms with Crippen LogP contribution in [-0.2, 0) is 0 Å².